The van der Waals surface area contributed by atoms with Crippen LogP contribution in [0.15, 0.2) is 47.1 Å². The molecule has 1 N–H and O–H groups in total. The topological polar surface area (TPSA) is 79.6 Å². The van der Waals surface area contributed by atoms with Crippen LogP contribution in [0.3, 0.4) is 0 Å². The van der Waals surface area contributed by atoms with Gasteiger partial charge >= 0.3 is 0 Å². The van der Waals surface area contributed by atoms with E-state index in [0.29, 0.717) is 19.5 Å². The molecule has 1 fully saturated rings. The molecule has 0 radical (unpaired) electrons. The quantitative estimate of drug-likeness (QED) is 0.798. The highest BCUT2D eigenvalue weighted by molar-refractivity contribution is 7.91. The zero-order valence-electron chi connectivity index (χ0n) is 14.8. The molecule has 7 heteroatoms. The highest BCUT2D eigenvalue weighted by Crippen LogP contribution is 2.20. The van der Waals surface area contributed by atoms with Crippen molar-refractivity contribution in [2.45, 2.75) is 32.5 Å². The van der Waals surface area contributed by atoms with Gasteiger partial charge in [-0.1, -0.05) is 29.8 Å². The molecular weight excluding hydrogens is 352 g/mol. The summed E-state index contributed by atoms with van der Waals surface area (Å²) in [5, 5.41) is 2.91. The number of hydrogen-bond acceptors (Lipinski definition) is 5. The lowest BCUT2D eigenvalue weighted by Crippen LogP contribution is -2.43. The molecule has 1 unspecified atom stereocenters. The number of nitrogens with zero attached hydrogens (tertiary/aromatic N) is 1. The van der Waals surface area contributed by atoms with Crippen LogP contribution in [-0.4, -0.2) is 43.3 Å². The minimum atomic E-state index is -3.02. The number of sulfone groups is 1. The second-order valence-electron chi connectivity index (χ2n) is 6.80. The number of hydrogen-bond donors (Lipinski definition) is 1. The van der Waals surface area contributed by atoms with Crippen molar-refractivity contribution in [3.05, 3.63) is 59.5 Å². The van der Waals surface area contributed by atoms with Crippen molar-refractivity contribution in [3.8, 4) is 0 Å². The number of furan rings is 1. The van der Waals surface area contributed by atoms with Gasteiger partial charge in [-0.25, -0.2) is 8.42 Å². The molecule has 1 atom stereocenters. The third-order valence-electron chi connectivity index (χ3n) is 4.62. The molecule has 1 amide bonds. The minimum absolute atomic E-state index is 0.0962. The maximum absolute atomic E-state index is 12.4. The lowest BCUT2D eigenvalue weighted by Gasteiger charge is -2.26. The highest BCUT2D eigenvalue weighted by Gasteiger charge is 2.33. The number of carbonyl (C=O) groups is 1. The molecule has 1 aromatic heterocycles. The van der Waals surface area contributed by atoms with Gasteiger partial charge < -0.3 is 9.73 Å². The van der Waals surface area contributed by atoms with Crippen LogP contribution in [0.25, 0.3) is 0 Å². The fraction of sp³-hybridized carbons (Fsp3) is 0.421. The van der Waals surface area contributed by atoms with Gasteiger partial charge in [-0.05, 0) is 31.0 Å². The monoisotopic (exact) mass is 376 g/mol. The molecule has 6 nitrogen and oxygen atoms in total. The van der Waals surface area contributed by atoms with Crippen LogP contribution in [0.1, 0.15) is 23.3 Å². The van der Waals surface area contributed by atoms with Crippen molar-refractivity contribution in [1.82, 2.24) is 10.2 Å². The van der Waals surface area contributed by atoms with E-state index in [4.69, 9.17) is 4.42 Å². The SMILES string of the molecule is Cc1ccc(CNC(=O)CN(Cc2ccco2)C2CCS(=O)(=O)C2)cc1. The van der Waals surface area contributed by atoms with Crippen LogP contribution in [0.2, 0.25) is 0 Å². The van der Waals surface area contributed by atoms with Crippen LogP contribution in [0.5, 0.6) is 0 Å². The molecule has 1 aromatic carbocycles. The molecule has 3 rings (SSSR count). The zero-order chi connectivity index (χ0) is 18.6. The maximum Gasteiger partial charge on any atom is 0.234 e. The first kappa shape index (κ1) is 18.7. The van der Waals surface area contributed by atoms with Crippen LogP contribution in [0, 0.1) is 6.92 Å². The Morgan fingerprint density at radius 3 is 2.65 bits per heavy atom. The molecule has 140 valence electrons. The van der Waals surface area contributed by atoms with Crippen molar-refractivity contribution in [2.75, 3.05) is 18.1 Å². The number of amides is 1. The number of rotatable bonds is 7. The summed E-state index contributed by atoms with van der Waals surface area (Å²) >= 11 is 0. The Hall–Kier alpha value is -2.12. The first-order valence-corrected chi connectivity index (χ1v) is 10.5. The predicted octanol–water partition coefficient (Wildman–Crippen LogP) is 1.89. The number of nitrogens with one attached hydrogen (secondary N) is 1. The lowest BCUT2D eigenvalue weighted by molar-refractivity contribution is -0.123. The Bertz CT molecular complexity index is 829. The van der Waals surface area contributed by atoms with Gasteiger partial charge in [0.2, 0.25) is 5.91 Å². The van der Waals surface area contributed by atoms with Gasteiger partial charge in [0.05, 0.1) is 30.9 Å². The third kappa shape index (κ3) is 5.19. The van der Waals surface area contributed by atoms with E-state index < -0.39 is 9.84 Å². The second kappa shape index (κ2) is 8.05. The highest BCUT2D eigenvalue weighted by atomic mass is 32.2. The fourth-order valence-corrected chi connectivity index (χ4v) is 4.89. The van der Waals surface area contributed by atoms with Crippen LogP contribution >= 0.6 is 0 Å². The standard InChI is InChI=1S/C19H24N2O4S/c1-15-4-6-16(7-5-15)11-20-19(22)13-21(12-18-3-2-9-25-18)17-8-10-26(23,24)14-17/h2-7,9,17H,8,10-14H2,1H3,(H,20,22). The van der Waals surface area contributed by atoms with Gasteiger partial charge in [0.25, 0.3) is 0 Å². The van der Waals surface area contributed by atoms with Crippen molar-refractivity contribution in [1.29, 1.82) is 0 Å². The second-order valence-corrected chi connectivity index (χ2v) is 9.03. The van der Waals surface area contributed by atoms with Gasteiger partial charge in [-0.3, -0.25) is 9.69 Å². The van der Waals surface area contributed by atoms with E-state index >= 15 is 0 Å². The summed E-state index contributed by atoms with van der Waals surface area (Å²) in [5.41, 5.74) is 2.21. The molecule has 0 aliphatic carbocycles. The number of aryl methyl sites for hydroxylation is 1. The Morgan fingerprint density at radius 2 is 2.04 bits per heavy atom. The molecule has 1 saturated heterocycles. The molecule has 0 bridgehead atoms. The average molecular weight is 376 g/mol. The molecule has 0 spiro atoms. The zero-order valence-corrected chi connectivity index (χ0v) is 15.7. The average Bonchev–Trinajstić information content (AvgIpc) is 3.23. The van der Waals surface area contributed by atoms with E-state index in [0.717, 1.165) is 11.3 Å². The van der Waals surface area contributed by atoms with E-state index in [1.165, 1.54) is 5.56 Å². The first-order chi connectivity index (χ1) is 12.4. The summed E-state index contributed by atoms with van der Waals surface area (Å²) in [4.78, 5) is 14.3. The van der Waals surface area contributed by atoms with Crippen molar-refractivity contribution < 1.29 is 17.6 Å². The Labute approximate surface area is 154 Å². The van der Waals surface area contributed by atoms with Gasteiger partial charge in [0.15, 0.2) is 9.84 Å². The molecule has 2 heterocycles. The van der Waals surface area contributed by atoms with E-state index in [9.17, 15) is 13.2 Å². The summed E-state index contributed by atoms with van der Waals surface area (Å²) < 4.78 is 29.0. The largest absolute Gasteiger partial charge is 0.468 e. The Morgan fingerprint density at radius 1 is 1.27 bits per heavy atom. The Balaban J connectivity index is 1.60. The van der Waals surface area contributed by atoms with E-state index in [-0.39, 0.29) is 30.0 Å². The summed E-state index contributed by atoms with van der Waals surface area (Å²) in [6.07, 6.45) is 2.13. The van der Waals surface area contributed by atoms with E-state index in [1.807, 2.05) is 42.2 Å². The van der Waals surface area contributed by atoms with Crippen LogP contribution in [0.4, 0.5) is 0 Å². The molecule has 1 aliphatic heterocycles. The van der Waals surface area contributed by atoms with Gasteiger partial charge in [0, 0.05) is 12.6 Å². The van der Waals surface area contributed by atoms with E-state index in [1.54, 1.807) is 12.3 Å². The molecule has 1 aliphatic rings. The summed E-state index contributed by atoms with van der Waals surface area (Å²) in [5.74, 6) is 0.873. The van der Waals surface area contributed by atoms with Crippen molar-refractivity contribution in [3.63, 3.8) is 0 Å². The van der Waals surface area contributed by atoms with Gasteiger partial charge in [-0.2, -0.15) is 0 Å². The van der Waals surface area contributed by atoms with Crippen molar-refractivity contribution >= 4 is 15.7 Å². The lowest BCUT2D eigenvalue weighted by atomic mass is 10.1. The summed E-state index contributed by atoms with van der Waals surface area (Å²) in [6.45, 7) is 3.04. The molecular formula is C19H24N2O4S. The van der Waals surface area contributed by atoms with Gasteiger partial charge in [-0.15, -0.1) is 0 Å². The molecule has 0 saturated carbocycles. The third-order valence-corrected chi connectivity index (χ3v) is 6.37. The van der Waals surface area contributed by atoms with E-state index in [2.05, 4.69) is 5.32 Å². The smallest absolute Gasteiger partial charge is 0.234 e. The number of carbonyl (C=O) groups excluding carboxylic acids is 1. The minimum Gasteiger partial charge on any atom is -0.468 e. The molecule has 26 heavy (non-hydrogen) atoms. The number of benzene rings is 1. The maximum atomic E-state index is 12.4. The van der Waals surface area contributed by atoms with Crippen LogP contribution in [-0.2, 0) is 27.7 Å². The van der Waals surface area contributed by atoms with Gasteiger partial charge in [0.1, 0.15) is 5.76 Å². The Kier molecular flexibility index (Phi) is 5.78. The first-order valence-electron chi connectivity index (χ1n) is 8.70. The van der Waals surface area contributed by atoms with Crippen LogP contribution < -0.4 is 5.32 Å². The predicted molar refractivity (Wildman–Crippen MR) is 99.2 cm³/mol. The normalized spacial score (nSPS) is 18.9. The summed E-state index contributed by atoms with van der Waals surface area (Å²) in [7, 11) is -3.02. The van der Waals surface area contributed by atoms with Crippen molar-refractivity contribution in [2.24, 2.45) is 0 Å². The fourth-order valence-electron chi connectivity index (χ4n) is 3.13. The molecule has 2 aromatic rings. The summed E-state index contributed by atoms with van der Waals surface area (Å²) in [6, 6.07) is 11.5.